The van der Waals surface area contributed by atoms with E-state index in [1.54, 1.807) is 4.90 Å². The molecule has 1 rings (SSSR count). The average molecular weight is 144 g/mol. The smallest absolute Gasteiger partial charge is 0.357 e. The first-order valence-corrected chi connectivity index (χ1v) is 3.43. The van der Waals surface area contributed by atoms with Gasteiger partial charge in [-0.25, -0.2) is 4.79 Å². The fourth-order valence-corrected chi connectivity index (χ4v) is 1.27. The number of carbonyl (C=O) groups excluding carboxylic acids is 1. The number of nitrogens with zero attached hydrogens (tertiary/aromatic N) is 1. The summed E-state index contributed by atoms with van der Waals surface area (Å²) >= 11 is 0. The lowest BCUT2D eigenvalue weighted by Crippen LogP contribution is -2.35. The molecule has 1 aliphatic heterocycles. The van der Waals surface area contributed by atoms with E-state index in [2.05, 4.69) is 4.84 Å². The van der Waals surface area contributed by atoms with Gasteiger partial charge in [-0.3, -0.25) is 0 Å². The highest BCUT2D eigenvalue weighted by atomic mass is 16.7. The number of hydrogen-bond acceptors (Lipinski definition) is 3. The van der Waals surface area contributed by atoms with Gasteiger partial charge in [0, 0.05) is 12.6 Å². The third-order valence-corrected chi connectivity index (χ3v) is 1.89. The van der Waals surface area contributed by atoms with Gasteiger partial charge in [-0.1, -0.05) is 0 Å². The van der Waals surface area contributed by atoms with Crippen LogP contribution in [0.1, 0.15) is 19.8 Å². The molecule has 10 heavy (non-hydrogen) atoms. The van der Waals surface area contributed by atoms with Gasteiger partial charge in [0.25, 0.3) is 0 Å². The van der Waals surface area contributed by atoms with E-state index in [0.717, 1.165) is 19.4 Å². The maximum absolute atomic E-state index is 10.8. The van der Waals surface area contributed by atoms with Gasteiger partial charge in [0.2, 0.25) is 0 Å². The molecule has 1 atom stereocenters. The van der Waals surface area contributed by atoms with Gasteiger partial charge in [-0.2, -0.15) is 5.90 Å². The summed E-state index contributed by atoms with van der Waals surface area (Å²) in [7, 11) is 0. The highest BCUT2D eigenvalue weighted by Gasteiger charge is 2.25. The molecule has 1 unspecified atom stereocenters. The molecule has 1 amide bonds. The van der Waals surface area contributed by atoms with Crippen molar-refractivity contribution in [1.29, 1.82) is 0 Å². The zero-order valence-electron chi connectivity index (χ0n) is 6.04. The average Bonchev–Trinajstić information content (AvgIpc) is 2.34. The molecule has 1 heterocycles. The normalized spacial score (nSPS) is 25.0. The van der Waals surface area contributed by atoms with E-state index in [-0.39, 0.29) is 6.04 Å². The highest BCUT2D eigenvalue weighted by Crippen LogP contribution is 2.16. The molecule has 0 radical (unpaired) electrons. The lowest BCUT2D eigenvalue weighted by molar-refractivity contribution is 0.101. The minimum atomic E-state index is -0.412. The zero-order valence-corrected chi connectivity index (χ0v) is 6.04. The van der Waals surface area contributed by atoms with Crippen LogP contribution in [0.2, 0.25) is 0 Å². The summed E-state index contributed by atoms with van der Waals surface area (Å²) in [6, 6.07) is 0.288. The fourth-order valence-electron chi connectivity index (χ4n) is 1.27. The van der Waals surface area contributed by atoms with Gasteiger partial charge in [-0.15, -0.1) is 0 Å². The van der Waals surface area contributed by atoms with Gasteiger partial charge < -0.3 is 9.74 Å². The summed E-state index contributed by atoms with van der Waals surface area (Å²) in [5.74, 6) is 4.72. The second kappa shape index (κ2) is 2.88. The molecule has 0 spiro atoms. The van der Waals surface area contributed by atoms with E-state index in [4.69, 9.17) is 5.90 Å². The lowest BCUT2D eigenvalue weighted by Gasteiger charge is -2.18. The van der Waals surface area contributed by atoms with E-state index in [1.165, 1.54) is 0 Å². The summed E-state index contributed by atoms with van der Waals surface area (Å²) in [4.78, 5) is 16.5. The van der Waals surface area contributed by atoms with E-state index in [9.17, 15) is 4.79 Å². The third-order valence-electron chi connectivity index (χ3n) is 1.89. The van der Waals surface area contributed by atoms with Gasteiger partial charge in [0.05, 0.1) is 0 Å². The number of rotatable bonds is 0. The minimum Gasteiger partial charge on any atom is -0.357 e. The van der Waals surface area contributed by atoms with Crippen LogP contribution in [0.25, 0.3) is 0 Å². The van der Waals surface area contributed by atoms with Gasteiger partial charge in [-0.05, 0) is 19.8 Å². The molecule has 1 saturated heterocycles. The second-order valence-corrected chi connectivity index (χ2v) is 2.57. The van der Waals surface area contributed by atoms with Crippen LogP contribution in [-0.2, 0) is 4.84 Å². The molecule has 1 aliphatic rings. The van der Waals surface area contributed by atoms with Crippen LogP contribution < -0.4 is 5.90 Å². The quantitative estimate of drug-likeness (QED) is 0.503. The Labute approximate surface area is 59.9 Å². The topological polar surface area (TPSA) is 55.6 Å². The molecule has 0 aromatic carbocycles. The molecule has 4 heteroatoms. The van der Waals surface area contributed by atoms with Crippen LogP contribution in [0, 0.1) is 0 Å². The molecule has 4 nitrogen and oxygen atoms in total. The van der Waals surface area contributed by atoms with E-state index in [0.29, 0.717) is 0 Å². The van der Waals surface area contributed by atoms with Crippen molar-refractivity contribution in [1.82, 2.24) is 4.90 Å². The molecule has 0 aliphatic carbocycles. The fraction of sp³-hybridized carbons (Fsp3) is 0.833. The molecule has 0 saturated carbocycles. The molecule has 0 aromatic heterocycles. The first-order chi connectivity index (χ1) is 4.75. The summed E-state index contributed by atoms with van der Waals surface area (Å²) in [6.07, 6.45) is 1.69. The molecule has 58 valence electrons. The van der Waals surface area contributed by atoms with Crippen molar-refractivity contribution in [3.05, 3.63) is 0 Å². The predicted octanol–water partition coefficient (Wildman–Crippen LogP) is 0.481. The van der Waals surface area contributed by atoms with Crippen LogP contribution in [0.4, 0.5) is 4.79 Å². The van der Waals surface area contributed by atoms with Crippen LogP contribution in [-0.4, -0.2) is 23.6 Å². The first kappa shape index (κ1) is 7.34. The maximum Gasteiger partial charge on any atom is 0.428 e. The number of nitrogens with two attached hydrogens (primary N) is 1. The standard InChI is InChI=1S/C6H12N2O2/c1-5-3-2-4-8(5)6(9)10-7/h5H,2-4,7H2,1H3. The van der Waals surface area contributed by atoms with Crippen molar-refractivity contribution >= 4 is 6.09 Å². The van der Waals surface area contributed by atoms with Crippen molar-refractivity contribution in [3.63, 3.8) is 0 Å². The Hall–Kier alpha value is -0.770. The SMILES string of the molecule is CC1CCCN1C(=O)ON. The number of hydrogen-bond donors (Lipinski definition) is 1. The Bertz CT molecular complexity index is 138. The van der Waals surface area contributed by atoms with Crippen molar-refractivity contribution in [3.8, 4) is 0 Å². The summed E-state index contributed by atoms with van der Waals surface area (Å²) in [6.45, 7) is 2.76. The molecule has 0 aromatic rings. The van der Waals surface area contributed by atoms with E-state index in [1.807, 2.05) is 6.92 Å². The number of amides is 1. The van der Waals surface area contributed by atoms with Crippen molar-refractivity contribution in [2.45, 2.75) is 25.8 Å². The van der Waals surface area contributed by atoms with E-state index < -0.39 is 6.09 Å². The van der Waals surface area contributed by atoms with Crippen molar-refractivity contribution in [2.24, 2.45) is 5.90 Å². The maximum atomic E-state index is 10.8. The largest absolute Gasteiger partial charge is 0.428 e. The Balaban J connectivity index is 2.46. The van der Waals surface area contributed by atoms with Gasteiger partial charge >= 0.3 is 6.09 Å². The molecular formula is C6H12N2O2. The minimum absolute atomic E-state index is 0.288. The van der Waals surface area contributed by atoms with Crippen molar-refractivity contribution < 1.29 is 9.63 Å². The molecule has 2 N–H and O–H groups in total. The second-order valence-electron chi connectivity index (χ2n) is 2.57. The molecular weight excluding hydrogens is 132 g/mol. The van der Waals surface area contributed by atoms with Gasteiger partial charge in [0.15, 0.2) is 0 Å². The molecule has 1 fully saturated rings. The third kappa shape index (κ3) is 1.21. The Morgan fingerprint density at radius 2 is 2.50 bits per heavy atom. The Morgan fingerprint density at radius 1 is 1.80 bits per heavy atom. The van der Waals surface area contributed by atoms with E-state index >= 15 is 0 Å². The summed E-state index contributed by atoms with van der Waals surface area (Å²) in [5, 5.41) is 0. The Kier molecular flexibility index (Phi) is 2.11. The first-order valence-electron chi connectivity index (χ1n) is 3.43. The lowest BCUT2D eigenvalue weighted by atomic mass is 10.2. The number of likely N-dealkylation sites (tertiary alicyclic amines) is 1. The monoisotopic (exact) mass is 144 g/mol. The Morgan fingerprint density at radius 3 is 2.90 bits per heavy atom. The summed E-state index contributed by atoms with van der Waals surface area (Å²) in [5.41, 5.74) is 0. The van der Waals surface area contributed by atoms with Crippen molar-refractivity contribution in [2.75, 3.05) is 6.54 Å². The molecule has 0 bridgehead atoms. The van der Waals surface area contributed by atoms with Crippen LogP contribution in [0.3, 0.4) is 0 Å². The van der Waals surface area contributed by atoms with Gasteiger partial charge in [0.1, 0.15) is 0 Å². The van der Waals surface area contributed by atoms with Crippen LogP contribution in [0.5, 0.6) is 0 Å². The summed E-state index contributed by atoms with van der Waals surface area (Å²) < 4.78 is 0. The van der Waals surface area contributed by atoms with Crippen LogP contribution in [0.15, 0.2) is 0 Å². The predicted molar refractivity (Wildman–Crippen MR) is 36.1 cm³/mol. The van der Waals surface area contributed by atoms with Crippen LogP contribution >= 0.6 is 0 Å². The number of carbonyl (C=O) groups is 1. The zero-order chi connectivity index (χ0) is 7.56. The highest BCUT2D eigenvalue weighted by molar-refractivity contribution is 5.67.